The van der Waals surface area contributed by atoms with Crippen LogP contribution in [0.15, 0.2) is 66.0 Å². The molecular formula is C24H17F3N8O2. The van der Waals surface area contributed by atoms with Crippen LogP contribution in [-0.4, -0.2) is 40.1 Å². The number of nitrogens with two attached hydrogens (primary N) is 1. The van der Waals surface area contributed by atoms with E-state index in [1.807, 2.05) is 0 Å². The van der Waals surface area contributed by atoms with E-state index in [9.17, 15) is 22.8 Å². The summed E-state index contributed by atoms with van der Waals surface area (Å²) in [6.07, 6.45) is 2.20. The minimum absolute atomic E-state index is 0.000144. The van der Waals surface area contributed by atoms with Crippen molar-refractivity contribution in [1.82, 2.24) is 34.2 Å². The number of alkyl halides is 3. The number of pyridine rings is 1. The molecular weight excluding hydrogens is 489 g/mol. The summed E-state index contributed by atoms with van der Waals surface area (Å²) in [5.74, 6) is -0.894. The molecule has 0 spiro atoms. The van der Waals surface area contributed by atoms with Gasteiger partial charge in [0.1, 0.15) is 11.4 Å². The Morgan fingerprint density at radius 2 is 1.78 bits per heavy atom. The van der Waals surface area contributed by atoms with Crippen LogP contribution in [0.1, 0.15) is 40.4 Å². The summed E-state index contributed by atoms with van der Waals surface area (Å²) >= 11 is 0. The highest BCUT2D eigenvalue weighted by Gasteiger charge is 2.38. The number of primary amides is 1. The van der Waals surface area contributed by atoms with Crippen molar-refractivity contribution in [3.8, 4) is 22.6 Å². The van der Waals surface area contributed by atoms with Gasteiger partial charge in [-0.15, -0.1) is 0 Å². The van der Waals surface area contributed by atoms with Crippen LogP contribution in [0, 0.1) is 0 Å². The van der Waals surface area contributed by atoms with Crippen LogP contribution in [0.4, 0.5) is 13.2 Å². The van der Waals surface area contributed by atoms with Gasteiger partial charge in [0.25, 0.3) is 11.5 Å². The molecule has 1 aliphatic rings. The molecule has 1 aromatic carbocycles. The van der Waals surface area contributed by atoms with Gasteiger partial charge in [0.05, 0.1) is 34.9 Å². The van der Waals surface area contributed by atoms with Crippen molar-refractivity contribution in [3.63, 3.8) is 0 Å². The van der Waals surface area contributed by atoms with Crippen LogP contribution in [0.2, 0.25) is 0 Å². The van der Waals surface area contributed by atoms with Crippen LogP contribution in [0.5, 0.6) is 0 Å². The number of halogens is 3. The minimum atomic E-state index is -4.74. The van der Waals surface area contributed by atoms with Crippen molar-refractivity contribution in [1.29, 1.82) is 0 Å². The number of nitrogens with zero attached hydrogens (tertiary/aromatic N) is 7. The first kappa shape index (κ1) is 22.6. The van der Waals surface area contributed by atoms with Gasteiger partial charge in [-0.1, -0.05) is 6.07 Å². The lowest BCUT2D eigenvalue weighted by atomic mass is 10.0. The average molecular weight is 506 g/mol. The molecule has 1 amide bonds. The molecule has 0 saturated heterocycles. The minimum Gasteiger partial charge on any atom is -0.365 e. The van der Waals surface area contributed by atoms with E-state index in [1.54, 1.807) is 18.3 Å². The zero-order valence-corrected chi connectivity index (χ0v) is 18.9. The van der Waals surface area contributed by atoms with Gasteiger partial charge in [0.2, 0.25) is 0 Å². The molecule has 1 saturated carbocycles. The fraction of sp³-hybridized carbons (Fsp3) is 0.167. The first-order valence-electron chi connectivity index (χ1n) is 11.2. The lowest BCUT2D eigenvalue weighted by Gasteiger charge is -2.13. The third-order valence-electron chi connectivity index (χ3n) is 6.17. The largest absolute Gasteiger partial charge is 0.418 e. The summed E-state index contributed by atoms with van der Waals surface area (Å²) < 4.78 is 45.0. The molecule has 1 aliphatic carbocycles. The molecule has 2 N–H and O–H groups in total. The third kappa shape index (κ3) is 3.75. The van der Waals surface area contributed by atoms with Crippen LogP contribution in [-0.2, 0) is 6.18 Å². The van der Waals surface area contributed by atoms with Gasteiger partial charge < -0.3 is 5.73 Å². The Morgan fingerprint density at radius 3 is 2.46 bits per heavy atom. The molecule has 13 heteroatoms. The molecule has 1 fully saturated rings. The lowest BCUT2D eigenvalue weighted by molar-refractivity contribution is -0.137. The maximum Gasteiger partial charge on any atom is 0.418 e. The Kier molecular flexibility index (Phi) is 4.97. The number of hydrogen-bond acceptors (Lipinski definition) is 6. The van der Waals surface area contributed by atoms with Crippen LogP contribution in [0.25, 0.3) is 28.3 Å². The predicted molar refractivity (Wildman–Crippen MR) is 124 cm³/mol. The molecule has 0 atom stereocenters. The Hall–Kier alpha value is -4.81. The highest BCUT2D eigenvalue weighted by molar-refractivity contribution is 6.01. The number of aromatic nitrogens is 7. The molecule has 37 heavy (non-hydrogen) atoms. The maximum absolute atomic E-state index is 14.1. The molecule has 6 rings (SSSR count). The molecule has 10 nitrogen and oxygen atoms in total. The summed E-state index contributed by atoms with van der Waals surface area (Å²) in [6.45, 7) is 0. The Bertz CT molecular complexity index is 1730. The summed E-state index contributed by atoms with van der Waals surface area (Å²) in [5, 5.41) is 12.2. The van der Waals surface area contributed by atoms with E-state index in [1.165, 1.54) is 45.9 Å². The van der Waals surface area contributed by atoms with Gasteiger partial charge >= 0.3 is 6.18 Å². The van der Waals surface area contributed by atoms with Crippen molar-refractivity contribution in [2.45, 2.75) is 24.9 Å². The Labute approximate surface area is 205 Å². The second-order valence-corrected chi connectivity index (χ2v) is 8.58. The number of amides is 1. The third-order valence-corrected chi connectivity index (χ3v) is 6.17. The molecule has 4 aromatic heterocycles. The van der Waals surface area contributed by atoms with Gasteiger partial charge in [-0.3, -0.25) is 14.0 Å². The number of hydrogen-bond donors (Lipinski definition) is 1. The van der Waals surface area contributed by atoms with Crippen LogP contribution >= 0.6 is 0 Å². The summed E-state index contributed by atoms with van der Waals surface area (Å²) in [5.41, 5.74) is 5.38. The number of carbonyl (C=O) groups excluding carboxylic acids is 1. The number of benzene rings is 1. The molecule has 0 bridgehead atoms. The van der Waals surface area contributed by atoms with Crippen LogP contribution < -0.4 is 11.3 Å². The van der Waals surface area contributed by atoms with E-state index >= 15 is 0 Å². The number of rotatable bonds is 5. The number of fused-ring (bicyclic) bond motifs is 1. The molecule has 0 radical (unpaired) electrons. The van der Waals surface area contributed by atoms with Crippen molar-refractivity contribution in [2.75, 3.05) is 0 Å². The quantitative estimate of drug-likeness (QED) is 0.390. The summed E-state index contributed by atoms with van der Waals surface area (Å²) in [4.78, 5) is 30.2. The molecule has 186 valence electrons. The molecule has 5 aromatic rings. The van der Waals surface area contributed by atoms with Crippen molar-refractivity contribution in [3.05, 3.63) is 88.4 Å². The fourth-order valence-electron chi connectivity index (χ4n) is 4.43. The second kappa shape index (κ2) is 8.11. The smallest absolute Gasteiger partial charge is 0.365 e. The molecule has 0 unspecified atom stereocenters. The van der Waals surface area contributed by atoms with E-state index in [-0.39, 0.29) is 39.6 Å². The van der Waals surface area contributed by atoms with E-state index in [2.05, 4.69) is 20.3 Å². The van der Waals surface area contributed by atoms with Gasteiger partial charge in [-0.25, -0.2) is 9.67 Å². The van der Waals surface area contributed by atoms with Gasteiger partial charge in [0.15, 0.2) is 5.65 Å². The molecule has 0 aliphatic heterocycles. The first-order chi connectivity index (χ1) is 17.7. The highest BCUT2D eigenvalue weighted by Crippen LogP contribution is 2.45. The van der Waals surface area contributed by atoms with E-state index in [0.717, 1.165) is 23.7 Å². The maximum atomic E-state index is 14.1. The first-order valence-corrected chi connectivity index (χ1v) is 11.2. The standard InChI is InChI=1S/C24H17F3N8O2/c25-24(26,27)15-12-14(5-6-16(15)35-30-9-10-31-35)20-19(22(28)37)21(13-3-4-13)34(32-20)17-2-1-11-33-18(36)7-8-29-23(17)33/h1-2,5-13H,3-4H2,(H2,28,37). The van der Waals surface area contributed by atoms with Gasteiger partial charge in [-0.2, -0.15) is 33.3 Å². The van der Waals surface area contributed by atoms with Gasteiger partial charge in [0, 0.05) is 29.9 Å². The topological polar surface area (TPSA) is 126 Å². The van der Waals surface area contributed by atoms with Gasteiger partial charge in [-0.05, 0) is 37.1 Å². The lowest BCUT2D eigenvalue weighted by Crippen LogP contribution is -2.17. The monoisotopic (exact) mass is 506 g/mol. The average Bonchev–Trinajstić information content (AvgIpc) is 3.40. The van der Waals surface area contributed by atoms with E-state index in [4.69, 9.17) is 5.73 Å². The van der Waals surface area contributed by atoms with Crippen molar-refractivity contribution < 1.29 is 18.0 Å². The summed E-state index contributed by atoms with van der Waals surface area (Å²) in [6, 6.07) is 8.13. The second-order valence-electron chi connectivity index (χ2n) is 8.58. The SMILES string of the molecule is NC(=O)c1c(-c2ccc(-n3nccn3)c(C(F)(F)F)c2)nn(-c2cccn3c(=O)ccnc23)c1C1CC1. The zero-order valence-electron chi connectivity index (χ0n) is 18.9. The normalized spacial score (nSPS) is 13.8. The van der Waals surface area contributed by atoms with Crippen molar-refractivity contribution in [2.24, 2.45) is 5.73 Å². The van der Waals surface area contributed by atoms with Crippen molar-refractivity contribution >= 4 is 11.6 Å². The van der Waals surface area contributed by atoms with Crippen LogP contribution in [0.3, 0.4) is 0 Å². The van der Waals surface area contributed by atoms with E-state index in [0.29, 0.717) is 11.4 Å². The summed E-state index contributed by atoms with van der Waals surface area (Å²) in [7, 11) is 0. The number of carbonyl (C=O) groups is 1. The Balaban J connectivity index is 1.63. The zero-order chi connectivity index (χ0) is 25.9. The van der Waals surface area contributed by atoms with E-state index < -0.39 is 17.6 Å². The predicted octanol–water partition coefficient (Wildman–Crippen LogP) is 3.12. The molecule has 4 heterocycles. The fourth-order valence-corrected chi connectivity index (χ4v) is 4.43. The highest BCUT2D eigenvalue weighted by atomic mass is 19.4. The Morgan fingerprint density at radius 1 is 1.03 bits per heavy atom.